The molecule has 3 N–H and O–H groups in total. The molecule has 0 spiro atoms. The molecule has 5 rings (SSSR count). The van der Waals surface area contributed by atoms with Gasteiger partial charge in [-0.25, -0.2) is 23.5 Å². The summed E-state index contributed by atoms with van der Waals surface area (Å²) < 4.78 is 42.7. The minimum absolute atomic E-state index is 0.00478. The Labute approximate surface area is 303 Å². The molecular formula is C37H47N3O9S2. The lowest BCUT2D eigenvalue weighted by atomic mass is 9.94. The van der Waals surface area contributed by atoms with Crippen molar-refractivity contribution >= 4 is 44.8 Å². The predicted molar refractivity (Wildman–Crippen MR) is 194 cm³/mol. The molecule has 2 aromatic carbocycles. The Balaban J connectivity index is 1.30. The number of carbonyl (C=O) groups is 3. The van der Waals surface area contributed by atoms with E-state index < -0.39 is 50.4 Å². The zero-order chi connectivity index (χ0) is 36.5. The summed E-state index contributed by atoms with van der Waals surface area (Å²) in [5.41, 5.74) is 3.81. The zero-order valence-corrected chi connectivity index (χ0v) is 30.9. The van der Waals surface area contributed by atoms with Crippen LogP contribution in [0, 0.1) is 0 Å². The molecule has 2 saturated heterocycles. The highest BCUT2D eigenvalue weighted by Crippen LogP contribution is 2.47. The number of benzene rings is 2. The van der Waals surface area contributed by atoms with Crippen molar-refractivity contribution in [1.82, 2.24) is 10.8 Å². The van der Waals surface area contributed by atoms with E-state index in [2.05, 4.69) is 16.1 Å². The maximum Gasteiger partial charge on any atom is 0.408 e. The fourth-order valence-corrected chi connectivity index (χ4v) is 9.84. The van der Waals surface area contributed by atoms with Crippen molar-refractivity contribution in [2.45, 2.75) is 95.0 Å². The number of alkyl carbamates (subject to hydrolysis) is 1. The number of amides is 3. The number of nitrogens with one attached hydrogen (secondary N) is 3. The number of anilines is 1. The molecule has 0 aliphatic carbocycles. The summed E-state index contributed by atoms with van der Waals surface area (Å²) in [5, 5.41) is 5.49. The maximum atomic E-state index is 13.7. The summed E-state index contributed by atoms with van der Waals surface area (Å²) in [7, 11) is -3.68. The van der Waals surface area contributed by atoms with Gasteiger partial charge >= 0.3 is 6.09 Å². The third-order valence-corrected chi connectivity index (χ3v) is 12.7. The predicted octanol–water partition coefficient (Wildman–Crippen LogP) is 6.22. The maximum absolute atomic E-state index is 13.7. The Hall–Kier alpha value is -3.82. The summed E-state index contributed by atoms with van der Waals surface area (Å²) in [6.07, 6.45) is 2.47. The van der Waals surface area contributed by atoms with Crippen molar-refractivity contribution in [3.8, 4) is 10.4 Å². The number of rotatable bonds is 13. The van der Waals surface area contributed by atoms with Crippen LogP contribution in [0.5, 0.6) is 0 Å². The number of sulfone groups is 1. The lowest BCUT2D eigenvalue weighted by Gasteiger charge is -2.35. The van der Waals surface area contributed by atoms with E-state index in [-0.39, 0.29) is 25.4 Å². The molecule has 2 aliphatic rings. The zero-order valence-electron chi connectivity index (χ0n) is 29.3. The van der Waals surface area contributed by atoms with E-state index in [1.807, 2.05) is 42.5 Å². The van der Waals surface area contributed by atoms with Crippen molar-refractivity contribution in [2.24, 2.45) is 0 Å². The van der Waals surface area contributed by atoms with Crippen LogP contribution < -0.4 is 16.1 Å². The van der Waals surface area contributed by atoms with Gasteiger partial charge < -0.3 is 24.8 Å². The van der Waals surface area contributed by atoms with Crippen LogP contribution in [0.4, 0.5) is 10.5 Å². The van der Waals surface area contributed by atoms with Crippen molar-refractivity contribution < 1.29 is 41.8 Å². The molecule has 3 aromatic rings. The number of hydrogen-bond donors (Lipinski definition) is 3. The van der Waals surface area contributed by atoms with Gasteiger partial charge in [-0.15, -0.1) is 11.3 Å². The van der Waals surface area contributed by atoms with Gasteiger partial charge in [-0.05, 0) is 81.8 Å². The molecule has 0 saturated carbocycles. The van der Waals surface area contributed by atoms with Gasteiger partial charge in [0.2, 0.25) is 11.8 Å². The quantitative estimate of drug-likeness (QED) is 0.173. The number of ether oxygens (including phenoxy) is 3. The van der Waals surface area contributed by atoms with E-state index in [1.165, 1.54) is 11.3 Å². The van der Waals surface area contributed by atoms with E-state index >= 15 is 0 Å². The van der Waals surface area contributed by atoms with Crippen molar-refractivity contribution in [3.05, 3.63) is 77.2 Å². The minimum Gasteiger partial charge on any atom is -0.444 e. The molecule has 1 aromatic heterocycles. The first-order valence-corrected chi connectivity index (χ1v) is 19.7. The molecule has 1 unspecified atom stereocenters. The molecule has 14 heteroatoms. The average molecular weight is 742 g/mol. The lowest BCUT2D eigenvalue weighted by molar-refractivity contribution is -0.200. The number of thiophene rings is 1. The van der Waals surface area contributed by atoms with Gasteiger partial charge in [-0.2, -0.15) is 0 Å². The molecule has 2 fully saturated rings. The van der Waals surface area contributed by atoms with Crippen molar-refractivity contribution in [3.63, 3.8) is 0 Å². The Morgan fingerprint density at radius 2 is 1.80 bits per heavy atom. The van der Waals surface area contributed by atoms with E-state index in [0.717, 1.165) is 28.8 Å². The first-order valence-electron chi connectivity index (χ1n) is 17.2. The lowest BCUT2D eigenvalue weighted by Crippen LogP contribution is -2.48. The van der Waals surface area contributed by atoms with Gasteiger partial charge in [0.1, 0.15) is 16.4 Å². The summed E-state index contributed by atoms with van der Waals surface area (Å²) in [6, 6.07) is 19.2. The van der Waals surface area contributed by atoms with Crippen LogP contribution in [-0.2, 0) is 49.8 Å². The molecular weight excluding hydrogens is 695 g/mol. The molecule has 3 heterocycles. The van der Waals surface area contributed by atoms with E-state index in [4.69, 9.17) is 19.0 Å². The monoisotopic (exact) mass is 741 g/mol. The summed E-state index contributed by atoms with van der Waals surface area (Å²) in [6.45, 7) is 5.90. The first kappa shape index (κ1) is 38.4. The Kier molecular flexibility index (Phi) is 12.9. The Morgan fingerprint density at radius 3 is 2.53 bits per heavy atom. The second-order valence-electron chi connectivity index (χ2n) is 13.8. The third kappa shape index (κ3) is 10.6. The van der Waals surface area contributed by atoms with E-state index in [1.54, 1.807) is 45.0 Å². The number of hydrogen-bond acceptors (Lipinski definition) is 10. The van der Waals surface area contributed by atoms with Crippen molar-refractivity contribution in [2.75, 3.05) is 24.3 Å². The highest BCUT2D eigenvalue weighted by molar-refractivity contribution is 7.92. The number of carbonyl (C=O) groups excluding carboxylic acids is 3. The summed E-state index contributed by atoms with van der Waals surface area (Å²) in [5.74, 6) is -1.02. The SMILES string of the molecule is CC(C)(C)OC(=O)N[C@H](COCc1ccccc1)C(=O)Nc1cccc(-c2ccc([C@@]3(CC(=O)NOC4CCCCO4)CCCCS3(=O)=O)s2)c1. The second-order valence-corrected chi connectivity index (χ2v) is 17.3. The molecule has 2 aliphatic heterocycles. The van der Waals surface area contributed by atoms with Crippen LogP contribution >= 0.6 is 11.3 Å². The summed E-state index contributed by atoms with van der Waals surface area (Å²) in [4.78, 5) is 46.1. The smallest absolute Gasteiger partial charge is 0.408 e. The topological polar surface area (TPSA) is 158 Å². The first-order chi connectivity index (χ1) is 24.3. The van der Waals surface area contributed by atoms with Crippen LogP contribution in [0.1, 0.15) is 76.2 Å². The molecule has 0 radical (unpaired) electrons. The fraction of sp³-hybridized carbons (Fsp3) is 0.486. The average Bonchev–Trinajstić information content (AvgIpc) is 3.59. The number of hydroxylamine groups is 1. The van der Waals surface area contributed by atoms with Crippen molar-refractivity contribution in [1.29, 1.82) is 0 Å². The molecule has 12 nitrogen and oxygen atoms in total. The van der Waals surface area contributed by atoms with Gasteiger partial charge in [0.15, 0.2) is 16.1 Å². The highest BCUT2D eigenvalue weighted by atomic mass is 32.2. The molecule has 276 valence electrons. The van der Waals surface area contributed by atoms with Crippen LogP contribution in [0.15, 0.2) is 66.7 Å². The molecule has 3 amide bonds. The van der Waals surface area contributed by atoms with Gasteiger partial charge in [-0.1, -0.05) is 48.9 Å². The summed E-state index contributed by atoms with van der Waals surface area (Å²) >= 11 is 1.31. The highest BCUT2D eigenvalue weighted by Gasteiger charge is 2.49. The van der Waals surface area contributed by atoms with Crippen LogP contribution in [-0.4, -0.2) is 63.2 Å². The van der Waals surface area contributed by atoms with Gasteiger partial charge in [0.25, 0.3) is 0 Å². The normalized spacial score (nSPS) is 20.9. The van der Waals surface area contributed by atoms with Crippen LogP contribution in [0.3, 0.4) is 0 Å². The molecule has 3 atom stereocenters. The van der Waals surface area contributed by atoms with E-state index in [9.17, 15) is 22.8 Å². The Morgan fingerprint density at radius 1 is 1.00 bits per heavy atom. The molecule has 0 bridgehead atoms. The van der Waals surface area contributed by atoms with Crippen LogP contribution in [0.2, 0.25) is 0 Å². The van der Waals surface area contributed by atoms with Gasteiger partial charge in [0, 0.05) is 28.5 Å². The van der Waals surface area contributed by atoms with Crippen LogP contribution in [0.25, 0.3) is 10.4 Å². The fourth-order valence-electron chi connectivity index (χ4n) is 6.07. The standard InChI is InChI=1S/C37H47N3O9S2/c1-36(2,3)48-35(43)39-29(25-46-24-26-12-5-4-6-13-26)34(42)38-28-15-11-14-27(22-28)30-17-18-31(50-30)37(19-8-10-21-51(37,44)45)23-32(41)40-49-33-16-7-9-20-47-33/h4-6,11-15,17-18,22,29,33H,7-10,16,19-21,23-25H2,1-3H3,(H,38,42)(H,39,43)(H,40,41)/t29-,33?,37+/m1/s1. The Bertz CT molecular complexity index is 1750. The third-order valence-electron chi connectivity index (χ3n) is 8.60. The minimum atomic E-state index is -3.68. The van der Waals surface area contributed by atoms with Gasteiger partial charge in [0.05, 0.1) is 25.4 Å². The second kappa shape index (κ2) is 17.1. The van der Waals surface area contributed by atoms with Gasteiger partial charge in [-0.3, -0.25) is 9.59 Å². The largest absolute Gasteiger partial charge is 0.444 e. The molecule has 51 heavy (non-hydrogen) atoms. The van der Waals surface area contributed by atoms with E-state index in [0.29, 0.717) is 42.9 Å².